The molecule has 3 aromatic rings. The molecule has 0 N–H and O–H groups in total. The molecule has 0 unspecified atom stereocenters. The number of nitrogens with zero attached hydrogens (tertiary/aromatic N) is 3. The quantitative estimate of drug-likeness (QED) is 0.708. The molecule has 0 saturated carbocycles. The minimum Gasteiger partial charge on any atom is -0.213 e. The maximum atomic E-state index is 5.94. The predicted octanol–water partition coefficient (Wildman–Crippen LogP) is 4.17. The number of hydrogen-bond donors (Lipinski definition) is 0. The molecule has 0 saturated heterocycles. The number of aromatic nitrogens is 3. The van der Waals surface area contributed by atoms with Gasteiger partial charge in [0, 0.05) is 5.56 Å². The molecule has 0 aliphatic rings. The molecular formula is C16H12ClN3. The van der Waals surface area contributed by atoms with Crippen molar-refractivity contribution in [2.75, 3.05) is 0 Å². The number of hydrogen-bond acceptors (Lipinski definition) is 3. The summed E-state index contributed by atoms with van der Waals surface area (Å²) in [5, 5.41) is 0.218. The first-order chi connectivity index (χ1) is 9.74. The minimum atomic E-state index is 0.218. The topological polar surface area (TPSA) is 38.7 Å². The molecule has 98 valence electrons. The van der Waals surface area contributed by atoms with Gasteiger partial charge in [-0.15, -0.1) is 0 Å². The maximum absolute atomic E-state index is 5.94. The first-order valence-corrected chi connectivity index (χ1v) is 6.65. The molecule has 0 fully saturated rings. The maximum Gasteiger partial charge on any atom is 0.226 e. The third kappa shape index (κ3) is 2.53. The van der Waals surface area contributed by atoms with Crippen molar-refractivity contribution in [2.24, 2.45) is 0 Å². The molecule has 0 aliphatic carbocycles. The van der Waals surface area contributed by atoms with Gasteiger partial charge in [-0.1, -0.05) is 54.6 Å². The van der Waals surface area contributed by atoms with E-state index in [0.717, 1.165) is 16.7 Å². The first-order valence-electron chi connectivity index (χ1n) is 6.27. The monoisotopic (exact) mass is 281 g/mol. The van der Waals surface area contributed by atoms with Crippen LogP contribution in [0.15, 0.2) is 54.6 Å². The fraction of sp³-hybridized carbons (Fsp3) is 0.0625. The Morgan fingerprint density at radius 2 is 1.40 bits per heavy atom. The summed E-state index contributed by atoms with van der Waals surface area (Å²) in [5.41, 5.74) is 3.15. The van der Waals surface area contributed by atoms with Crippen molar-refractivity contribution in [3.8, 4) is 22.5 Å². The largest absolute Gasteiger partial charge is 0.226 e. The second-order valence-corrected chi connectivity index (χ2v) is 4.72. The van der Waals surface area contributed by atoms with Crippen LogP contribution in [-0.2, 0) is 0 Å². The third-order valence-corrected chi connectivity index (χ3v) is 3.14. The average Bonchev–Trinajstić information content (AvgIpc) is 2.47. The van der Waals surface area contributed by atoms with Crippen molar-refractivity contribution in [1.82, 2.24) is 15.0 Å². The van der Waals surface area contributed by atoms with Crippen LogP contribution in [0.2, 0.25) is 5.28 Å². The SMILES string of the molecule is Cc1nc(Cl)nc(-c2ccccc2-c2ccccc2)n1. The summed E-state index contributed by atoms with van der Waals surface area (Å²) in [5.74, 6) is 1.21. The Kier molecular flexibility index (Phi) is 3.44. The van der Waals surface area contributed by atoms with Crippen molar-refractivity contribution in [3.05, 3.63) is 65.7 Å². The summed E-state index contributed by atoms with van der Waals surface area (Å²) in [4.78, 5) is 12.6. The second kappa shape index (κ2) is 5.39. The van der Waals surface area contributed by atoms with E-state index in [2.05, 4.69) is 33.2 Å². The Bertz CT molecular complexity index is 721. The van der Waals surface area contributed by atoms with Gasteiger partial charge < -0.3 is 0 Å². The molecular weight excluding hydrogens is 270 g/mol. The Hall–Kier alpha value is -2.26. The number of rotatable bonds is 2. The molecule has 20 heavy (non-hydrogen) atoms. The van der Waals surface area contributed by atoms with E-state index >= 15 is 0 Å². The lowest BCUT2D eigenvalue weighted by Gasteiger charge is -2.09. The molecule has 0 bridgehead atoms. The van der Waals surface area contributed by atoms with Crippen molar-refractivity contribution in [3.63, 3.8) is 0 Å². The van der Waals surface area contributed by atoms with Crippen molar-refractivity contribution < 1.29 is 0 Å². The van der Waals surface area contributed by atoms with Gasteiger partial charge in [-0.05, 0) is 29.7 Å². The molecule has 4 heteroatoms. The van der Waals surface area contributed by atoms with Crippen LogP contribution >= 0.6 is 11.6 Å². The van der Waals surface area contributed by atoms with Crippen LogP contribution < -0.4 is 0 Å². The lowest BCUT2D eigenvalue weighted by Crippen LogP contribution is -1.97. The van der Waals surface area contributed by atoms with E-state index in [9.17, 15) is 0 Å². The van der Waals surface area contributed by atoms with Crippen LogP contribution in [-0.4, -0.2) is 15.0 Å². The normalized spacial score (nSPS) is 10.5. The van der Waals surface area contributed by atoms with Crippen molar-refractivity contribution in [1.29, 1.82) is 0 Å². The van der Waals surface area contributed by atoms with E-state index in [-0.39, 0.29) is 5.28 Å². The third-order valence-electron chi connectivity index (χ3n) is 2.97. The van der Waals surface area contributed by atoms with Crippen LogP contribution in [0.5, 0.6) is 0 Å². The van der Waals surface area contributed by atoms with E-state index in [4.69, 9.17) is 11.6 Å². The summed E-state index contributed by atoms with van der Waals surface area (Å²) in [6.45, 7) is 1.81. The summed E-state index contributed by atoms with van der Waals surface area (Å²) in [6, 6.07) is 18.2. The fourth-order valence-corrected chi connectivity index (χ4v) is 2.32. The lowest BCUT2D eigenvalue weighted by atomic mass is 9.99. The van der Waals surface area contributed by atoms with Crippen molar-refractivity contribution in [2.45, 2.75) is 6.92 Å². The van der Waals surface area contributed by atoms with Gasteiger partial charge in [-0.3, -0.25) is 0 Å². The van der Waals surface area contributed by atoms with Gasteiger partial charge in [0.25, 0.3) is 0 Å². The molecule has 1 heterocycles. The smallest absolute Gasteiger partial charge is 0.213 e. The Morgan fingerprint density at radius 1 is 0.750 bits per heavy atom. The van der Waals surface area contributed by atoms with Gasteiger partial charge in [0.1, 0.15) is 5.82 Å². The van der Waals surface area contributed by atoms with E-state index in [0.29, 0.717) is 11.6 Å². The molecule has 1 aromatic heterocycles. The summed E-state index contributed by atoms with van der Waals surface area (Å²) < 4.78 is 0. The van der Waals surface area contributed by atoms with Gasteiger partial charge in [0.2, 0.25) is 5.28 Å². The molecule has 0 spiro atoms. The van der Waals surface area contributed by atoms with E-state index < -0.39 is 0 Å². The van der Waals surface area contributed by atoms with Crippen LogP contribution in [0.1, 0.15) is 5.82 Å². The highest BCUT2D eigenvalue weighted by molar-refractivity contribution is 6.28. The van der Waals surface area contributed by atoms with Crippen LogP contribution in [0.3, 0.4) is 0 Å². The van der Waals surface area contributed by atoms with Crippen molar-refractivity contribution >= 4 is 11.6 Å². The highest BCUT2D eigenvalue weighted by Crippen LogP contribution is 2.30. The first kappa shape index (κ1) is 12.8. The number of halogens is 1. The summed E-state index contributed by atoms with van der Waals surface area (Å²) in [7, 11) is 0. The highest BCUT2D eigenvalue weighted by Gasteiger charge is 2.10. The standard InChI is InChI=1S/C16H12ClN3/c1-11-18-15(20-16(17)19-11)14-10-6-5-9-13(14)12-7-3-2-4-8-12/h2-10H,1H3. The Labute approximate surface area is 122 Å². The van der Waals surface area contributed by atoms with Gasteiger partial charge in [-0.25, -0.2) is 9.97 Å². The zero-order chi connectivity index (χ0) is 13.9. The molecule has 0 amide bonds. The van der Waals surface area contributed by atoms with Crippen LogP contribution in [0, 0.1) is 6.92 Å². The molecule has 3 nitrogen and oxygen atoms in total. The molecule has 0 radical (unpaired) electrons. The predicted molar refractivity (Wildman–Crippen MR) is 80.4 cm³/mol. The number of benzene rings is 2. The summed E-state index contributed by atoms with van der Waals surface area (Å²) in [6.07, 6.45) is 0. The molecule has 0 aliphatic heterocycles. The minimum absolute atomic E-state index is 0.218. The van der Waals surface area contributed by atoms with E-state index in [1.165, 1.54) is 0 Å². The van der Waals surface area contributed by atoms with Gasteiger partial charge in [0.15, 0.2) is 5.82 Å². The van der Waals surface area contributed by atoms with E-state index in [1.807, 2.05) is 43.3 Å². The van der Waals surface area contributed by atoms with Gasteiger partial charge in [0.05, 0.1) is 0 Å². The van der Waals surface area contributed by atoms with Gasteiger partial charge in [-0.2, -0.15) is 4.98 Å². The second-order valence-electron chi connectivity index (χ2n) is 4.39. The van der Waals surface area contributed by atoms with Gasteiger partial charge >= 0.3 is 0 Å². The molecule has 2 aromatic carbocycles. The molecule has 0 atom stereocenters. The Morgan fingerprint density at radius 3 is 2.10 bits per heavy atom. The lowest BCUT2D eigenvalue weighted by molar-refractivity contribution is 0.984. The number of aryl methyl sites for hydroxylation is 1. The average molecular weight is 282 g/mol. The van der Waals surface area contributed by atoms with Crippen LogP contribution in [0.4, 0.5) is 0 Å². The zero-order valence-corrected chi connectivity index (χ0v) is 11.7. The zero-order valence-electron chi connectivity index (χ0n) is 10.9. The Balaban J connectivity index is 2.20. The summed E-state index contributed by atoms with van der Waals surface area (Å²) >= 11 is 5.94. The van der Waals surface area contributed by atoms with Crippen LogP contribution in [0.25, 0.3) is 22.5 Å². The van der Waals surface area contributed by atoms with E-state index in [1.54, 1.807) is 0 Å². The highest BCUT2D eigenvalue weighted by atomic mass is 35.5. The fourth-order valence-electron chi connectivity index (χ4n) is 2.12. The molecule has 3 rings (SSSR count).